The molecule has 2 aromatic heterocycles. The third-order valence-corrected chi connectivity index (χ3v) is 4.11. The summed E-state index contributed by atoms with van der Waals surface area (Å²) in [6.07, 6.45) is 3.78. The van der Waals surface area contributed by atoms with Gasteiger partial charge in [0.2, 0.25) is 5.95 Å². The second kappa shape index (κ2) is 7.03. The van der Waals surface area contributed by atoms with E-state index in [1.807, 2.05) is 61.0 Å². The van der Waals surface area contributed by atoms with Crippen molar-refractivity contribution in [1.29, 1.82) is 0 Å². The molecule has 0 aliphatic carbocycles. The molecule has 0 spiro atoms. The van der Waals surface area contributed by atoms with E-state index in [0.717, 1.165) is 23.0 Å². The predicted octanol–water partition coefficient (Wildman–Crippen LogP) is 4.79. The van der Waals surface area contributed by atoms with E-state index in [1.54, 1.807) is 0 Å². The fourth-order valence-corrected chi connectivity index (χ4v) is 2.93. The zero-order chi connectivity index (χ0) is 18.8. The van der Waals surface area contributed by atoms with Crippen LogP contribution in [-0.4, -0.2) is 29.5 Å². The first-order valence-corrected chi connectivity index (χ1v) is 8.65. The Morgan fingerprint density at radius 2 is 2.00 bits per heavy atom. The lowest BCUT2D eigenvalue weighted by Crippen LogP contribution is -2.15. The van der Waals surface area contributed by atoms with Gasteiger partial charge in [-0.3, -0.25) is 4.57 Å². The summed E-state index contributed by atoms with van der Waals surface area (Å²) in [6.45, 7) is 8.55. The Morgan fingerprint density at radius 1 is 1.19 bits per heavy atom. The third-order valence-electron chi connectivity index (χ3n) is 4.11. The van der Waals surface area contributed by atoms with E-state index in [-0.39, 0.29) is 0 Å². The van der Waals surface area contributed by atoms with Crippen molar-refractivity contribution in [2.24, 2.45) is 4.99 Å². The number of rotatable bonds is 5. The molecule has 0 bridgehead atoms. The number of allylic oxidation sites excluding steroid dienone is 1. The molecule has 0 saturated heterocycles. The third kappa shape index (κ3) is 3.19. The van der Waals surface area contributed by atoms with Crippen molar-refractivity contribution in [3.05, 3.63) is 42.2 Å². The molecule has 4 rings (SSSR count). The smallest absolute Gasteiger partial charge is 0.235 e. The topological polar surface area (TPSA) is 73.8 Å². The van der Waals surface area contributed by atoms with Crippen molar-refractivity contribution in [3.63, 3.8) is 0 Å². The van der Waals surface area contributed by atoms with Gasteiger partial charge in [-0.1, -0.05) is 6.08 Å². The highest BCUT2D eigenvalue weighted by atomic mass is 16.6. The molecule has 7 heteroatoms. The Morgan fingerprint density at radius 3 is 2.70 bits per heavy atom. The number of anilines is 2. The molecule has 1 aliphatic heterocycles. The summed E-state index contributed by atoms with van der Waals surface area (Å²) in [7, 11) is 0. The lowest BCUT2D eigenvalue weighted by Gasteiger charge is -2.19. The zero-order valence-corrected chi connectivity index (χ0v) is 15.2. The van der Waals surface area contributed by atoms with Crippen LogP contribution in [0.25, 0.3) is 17.7 Å². The number of hydrogen-bond acceptors (Lipinski definition) is 6. The van der Waals surface area contributed by atoms with Crippen LogP contribution in [0.4, 0.5) is 17.5 Å². The summed E-state index contributed by atoms with van der Waals surface area (Å²) >= 11 is 0. The standard InChI is InChI=1S/C20H20N4O3/c1-4-9-24-19(18(23-20(24)21-3)16-7-5-13(2)27-16)22-14-6-8-15-17(12-14)26-11-10-25-15/h4-9,12,22H,3,10-11H2,1-2H3. The number of aromatic nitrogens is 2. The molecule has 3 heterocycles. The molecule has 1 aliphatic rings. The average molecular weight is 364 g/mol. The first-order chi connectivity index (χ1) is 13.2. The van der Waals surface area contributed by atoms with Gasteiger partial charge >= 0.3 is 0 Å². The number of nitrogens with one attached hydrogen (secondary N) is 1. The number of ether oxygens (including phenoxy) is 2. The van der Waals surface area contributed by atoms with Crippen molar-refractivity contribution < 1.29 is 13.9 Å². The minimum absolute atomic E-state index is 0.470. The molecule has 0 fully saturated rings. The van der Waals surface area contributed by atoms with E-state index in [0.29, 0.717) is 36.4 Å². The molecule has 0 radical (unpaired) electrons. The van der Waals surface area contributed by atoms with Crippen molar-refractivity contribution in [1.82, 2.24) is 9.55 Å². The van der Waals surface area contributed by atoms with Crippen LogP contribution in [0.3, 0.4) is 0 Å². The number of hydrogen-bond donors (Lipinski definition) is 1. The number of benzene rings is 1. The summed E-state index contributed by atoms with van der Waals surface area (Å²) in [6, 6.07) is 9.51. The van der Waals surface area contributed by atoms with E-state index in [2.05, 4.69) is 22.0 Å². The maximum absolute atomic E-state index is 5.78. The maximum Gasteiger partial charge on any atom is 0.235 e. The molecule has 0 saturated carbocycles. The SMILES string of the molecule is C=Nc1nc(-c2ccc(C)o2)c(Nc2ccc3c(c2)OCCO3)n1C=CC. The van der Waals surface area contributed by atoms with Crippen molar-refractivity contribution in [2.45, 2.75) is 13.8 Å². The molecule has 1 aromatic carbocycles. The van der Waals surface area contributed by atoms with E-state index in [1.165, 1.54) is 0 Å². The number of imidazole rings is 1. The van der Waals surface area contributed by atoms with Crippen LogP contribution in [0.15, 0.2) is 45.8 Å². The van der Waals surface area contributed by atoms with Crippen LogP contribution < -0.4 is 14.8 Å². The minimum atomic E-state index is 0.470. The summed E-state index contributed by atoms with van der Waals surface area (Å²) in [4.78, 5) is 8.62. The largest absolute Gasteiger partial charge is 0.486 e. The number of furan rings is 1. The van der Waals surface area contributed by atoms with Crippen LogP contribution >= 0.6 is 0 Å². The van der Waals surface area contributed by atoms with Gasteiger partial charge in [0, 0.05) is 18.0 Å². The molecule has 1 N–H and O–H groups in total. The quantitative estimate of drug-likeness (QED) is 0.659. The molecule has 138 valence electrons. The first-order valence-electron chi connectivity index (χ1n) is 8.65. The molecule has 0 amide bonds. The molecule has 7 nitrogen and oxygen atoms in total. The number of aliphatic imine (C=N–C) groups is 1. The highest BCUT2D eigenvalue weighted by Crippen LogP contribution is 2.38. The zero-order valence-electron chi connectivity index (χ0n) is 15.2. The monoisotopic (exact) mass is 364 g/mol. The van der Waals surface area contributed by atoms with E-state index < -0.39 is 0 Å². The maximum atomic E-state index is 5.78. The number of nitrogens with zero attached hydrogens (tertiary/aromatic N) is 3. The highest BCUT2D eigenvalue weighted by Gasteiger charge is 2.20. The van der Waals surface area contributed by atoms with Gasteiger partial charge in [-0.05, 0) is 44.8 Å². The lowest BCUT2D eigenvalue weighted by atomic mass is 10.2. The van der Waals surface area contributed by atoms with Gasteiger partial charge in [0.15, 0.2) is 23.0 Å². The Labute approximate surface area is 157 Å². The van der Waals surface area contributed by atoms with Gasteiger partial charge in [-0.15, -0.1) is 0 Å². The van der Waals surface area contributed by atoms with Crippen molar-refractivity contribution in [3.8, 4) is 23.0 Å². The summed E-state index contributed by atoms with van der Waals surface area (Å²) < 4.78 is 18.9. The van der Waals surface area contributed by atoms with Gasteiger partial charge < -0.3 is 19.2 Å². The Balaban J connectivity index is 1.80. The van der Waals surface area contributed by atoms with Crippen LogP contribution in [0.1, 0.15) is 12.7 Å². The fourth-order valence-electron chi connectivity index (χ4n) is 2.93. The summed E-state index contributed by atoms with van der Waals surface area (Å²) in [5.74, 6) is 4.10. The van der Waals surface area contributed by atoms with Gasteiger partial charge in [0.05, 0.1) is 0 Å². The van der Waals surface area contributed by atoms with Crippen LogP contribution in [-0.2, 0) is 0 Å². The fraction of sp³-hybridized carbons (Fsp3) is 0.200. The highest BCUT2D eigenvalue weighted by molar-refractivity contribution is 5.78. The first kappa shape index (κ1) is 17.0. The summed E-state index contributed by atoms with van der Waals surface area (Å²) in [5, 5.41) is 3.40. The normalized spacial score (nSPS) is 13.1. The number of aryl methyl sites for hydroxylation is 1. The number of fused-ring (bicyclic) bond motifs is 1. The molecule has 0 atom stereocenters. The lowest BCUT2D eigenvalue weighted by molar-refractivity contribution is 0.171. The predicted molar refractivity (Wildman–Crippen MR) is 106 cm³/mol. The van der Waals surface area contributed by atoms with Crippen molar-refractivity contribution >= 4 is 30.4 Å². The van der Waals surface area contributed by atoms with Gasteiger partial charge in [-0.25, -0.2) is 9.98 Å². The minimum Gasteiger partial charge on any atom is -0.486 e. The van der Waals surface area contributed by atoms with Crippen molar-refractivity contribution in [2.75, 3.05) is 18.5 Å². The van der Waals surface area contributed by atoms with Crippen LogP contribution in [0, 0.1) is 6.92 Å². The van der Waals surface area contributed by atoms with Gasteiger partial charge in [-0.2, -0.15) is 0 Å². The van der Waals surface area contributed by atoms with Gasteiger partial charge in [0.1, 0.15) is 24.8 Å². The molecular formula is C20H20N4O3. The molecular weight excluding hydrogens is 344 g/mol. The Kier molecular flexibility index (Phi) is 4.42. The van der Waals surface area contributed by atoms with Crippen LogP contribution in [0.2, 0.25) is 0 Å². The van der Waals surface area contributed by atoms with E-state index >= 15 is 0 Å². The second-order valence-electron chi connectivity index (χ2n) is 6.01. The Bertz CT molecular complexity index is 1020. The molecule has 0 unspecified atom stereocenters. The van der Waals surface area contributed by atoms with Crippen LogP contribution in [0.5, 0.6) is 11.5 Å². The second-order valence-corrected chi connectivity index (χ2v) is 6.01. The molecule has 27 heavy (non-hydrogen) atoms. The molecule has 3 aromatic rings. The van der Waals surface area contributed by atoms with Gasteiger partial charge in [0.25, 0.3) is 0 Å². The van der Waals surface area contributed by atoms with E-state index in [4.69, 9.17) is 13.9 Å². The average Bonchev–Trinajstić information content (AvgIpc) is 3.26. The van der Waals surface area contributed by atoms with E-state index in [9.17, 15) is 0 Å². The summed E-state index contributed by atoms with van der Waals surface area (Å²) in [5.41, 5.74) is 1.49. The Hall–Kier alpha value is -3.48.